The lowest BCUT2D eigenvalue weighted by Gasteiger charge is -2.19. The van der Waals surface area contributed by atoms with Crippen LogP contribution >= 0.6 is 0 Å². The minimum Gasteiger partial charge on any atom is -0.497 e. The number of methoxy groups -OCH3 is 1. The number of fused-ring (bicyclic) bond motifs is 1. The molecule has 1 saturated carbocycles. The molecule has 1 aliphatic carbocycles. The Hall–Kier alpha value is -2.37. The second-order valence-electron chi connectivity index (χ2n) is 7.72. The number of unbranched alkanes of at least 4 members (excludes halogenated alkanes) is 2. The lowest BCUT2D eigenvalue weighted by molar-refractivity contribution is -0.119. The molecule has 1 fully saturated rings. The highest BCUT2D eigenvalue weighted by atomic mass is 16.5. The molecule has 1 N–H and O–H groups in total. The maximum atomic E-state index is 12.3. The Balaban J connectivity index is 1.84. The summed E-state index contributed by atoms with van der Waals surface area (Å²) in [6, 6.07) is 5.59. The summed E-state index contributed by atoms with van der Waals surface area (Å²) < 4.78 is 7.17. The van der Waals surface area contributed by atoms with Crippen LogP contribution in [0.3, 0.4) is 0 Å². The van der Waals surface area contributed by atoms with E-state index < -0.39 is 0 Å². The van der Waals surface area contributed by atoms with Crippen LogP contribution in [0.1, 0.15) is 64.7 Å². The summed E-state index contributed by atoms with van der Waals surface area (Å²) in [5.74, 6) is 1.01. The number of carbonyl (C=O) groups is 1. The SMILES string of the molecule is CCCCCn1c(O)c(N=NC(=O)CC2CCCCC2)c2ccc(OC)cc21. The number of hydrogen-bond donors (Lipinski definition) is 1. The molecule has 3 rings (SSSR count). The van der Waals surface area contributed by atoms with Crippen molar-refractivity contribution < 1.29 is 14.6 Å². The fourth-order valence-corrected chi connectivity index (χ4v) is 4.05. The minimum atomic E-state index is -0.202. The number of aromatic hydroxyl groups is 1. The smallest absolute Gasteiger partial charge is 0.265 e. The standard InChI is InChI=1S/C22H31N3O3/c1-3-4-8-13-25-19-15-17(28-2)11-12-18(19)21(22(25)27)24-23-20(26)14-16-9-6-5-7-10-16/h11-12,15-16,27H,3-10,13-14H2,1-2H3. The van der Waals surface area contributed by atoms with Gasteiger partial charge in [-0.2, -0.15) is 0 Å². The number of rotatable bonds is 8. The van der Waals surface area contributed by atoms with Crippen LogP contribution in [-0.2, 0) is 11.3 Å². The largest absolute Gasteiger partial charge is 0.497 e. The third-order valence-electron chi connectivity index (χ3n) is 5.65. The molecule has 6 nitrogen and oxygen atoms in total. The average Bonchev–Trinajstić information content (AvgIpc) is 2.97. The summed E-state index contributed by atoms with van der Waals surface area (Å²) in [7, 11) is 1.62. The Morgan fingerprint density at radius 2 is 2.04 bits per heavy atom. The van der Waals surface area contributed by atoms with E-state index in [1.807, 2.05) is 22.8 Å². The Morgan fingerprint density at radius 3 is 2.75 bits per heavy atom. The second kappa shape index (κ2) is 9.71. The second-order valence-corrected chi connectivity index (χ2v) is 7.72. The first-order valence-corrected chi connectivity index (χ1v) is 10.5. The summed E-state index contributed by atoms with van der Waals surface area (Å²) in [5.41, 5.74) is 1.22. The normalized spacial score (nSPS) is 15.5. The number of hydrogen-bond acceptors (Lipinski definition) is 4. The fourth-order valence-electron chi connectivity index (χ4n) is 4.05. The van der Waals surface area contributed by atoms with Crippen LogP contribution < -0.4 is 4.74 Å². The molecule has 0 spiro atoms. The van der Waals surface area contributed by atoms with Gasteiger partial charge in [-0.15, -0.1) is 10.2 Å². The van der Waals surface area contributed by atoms with Crippen LogP contribution in [0, 0.1) is 5.92 Å². The summed E-state index contributed by atoms with van der Waals surface area (Å²) in [6.07, 6.45) is 9.46. The number of azo groups is 1. The molecule has 0 atom stereocenters. The average molecular weight is 386 g/mol. The maximum Gasteiger partial charge on any atom is 0.265 e. The van der Waals surface area contributed by atoms with Crippen LogP contribution in [0.2, 0.25) is 0 Å². The van der Waals surface area contributed by atoms with Crippen LogP contribution in [0.25, 0.3) is 10.9 Å². The van der Waals surface area contributed by atoms with Crippen molar-refractivity contribution >= 4 is 22.5 Å². The number of aromatic nitrogens is 1. The first-order chi connectivity index (χ1) is 13.6. The Morgan fingerprint density at radius 1 is 1.25 bits per heavy atom. The molecule has 1 aliphatic rings. The van der Waals surface area contributed by atoms with Crippen LogP contribution in [0.5, 0.6) is 11.6 Å². The van der Waals surface area contributed by atoms with E-state index in [4.69, 9.17) is 4.74 Å². The van der Waals surface area contributed by atoms with Crippen molar-refractivity contribution in [2.45, 2.75) is 71.3 Å². The Bertz CT molecular complexity index is 835. The zero-order chi connectivity index (χ0) is 19.9. The van der Waals surface area contributed by atoms with Gasteiger partial charge in [-0.1, -0.05) is 39.0 Å². The summed E-state index contributed by atoms with van der Waals surface area (Å²) in [4.78, 5) is 12.3. The summed E-state index contributed by atoms with van der Waals surface area (Å²) in [6.45, 7) is 2.84. The topological polar surface area (TPSA) is 76.2 Å². The van der Waals surface area contributed by atoms with Crippen molar-refractivity contribution in [1.29, 1.82) is 0 Å². The van der Waals surface area contributed by atoms with Crippen molar-refractivity contribution in [3.05, 3.63) is 18.2 Å². The molecular formula is C22H31N3O3. The van der Waals surface area contributed by atoms with Gasteiger partial charge in [0.2, 0.25) is 5.88 Å². The number of ether oxygens (including phenoxy) is 1. The molecule has 1 aromatic carbocycles. The highest BCUT2D eigenvalue weighted by Gasteiger charge is 2.19. The van der Waals surface area contributed by atoms with Crippen molar-refractivity contribution in [1.82, 2.24) is 4.57 Å². The highest BCUT2D eigenvalue weighted by Crippen LogP contribution is 2.40. The van der Waals surface area contributed by atoms with E-state index in [0.29, 0.717) is 24.6 Å². The van der Waals surface area contributed by atoms with Gasteiger partial charge < -0.3 is 14.4 Å². The zero-order valence-electron chi connectivity index (χ0n) is 17.0. The zero-order valence-corrected chi connectivity index (χ0v) is 17.0. The van der Waals surface area contributed by atoms with Gasteiger partial charge >= 0.3 is 0 Å². The van der Waals surface area contributed by atoms with E-state index in [1.54, 1.807) is 7.11 Å². The van der Waals surface area contributed by atoms with Crippen molar-refractivity contribution in [2.75, 3.05) is 7.11 Å². The lowest BCUT2D eigenvalue weighted by Crippen LogP contribution is -2.10. The third kappa shape index (κ3) is 4.72. The van der Waals surface area contributed by atoms with Gasteiger partial charge in [-0.3, -0.25) is 4.79 Å². The van der Waals surface area contributed by atoms with Gasteiger partial charge in [0.1, 0.15) is 5.75 Å². The molecule has 0 saturated heterocycles. The first-order valence-electron chi connectivity index (χ1n) is 10.5. The van der Waals surface area contributed by atoms with Crippen LogP contribution in [-0.4, -0.2) is 22.7 Å². The predicted molar refractivity (Wildman–Crippen MR) is 110 cm³/mol. The first kappa shape index (κ1) is 20.4. The molecule has 6 heteroatoms. The quantitative estimate of drug-likeness (QED) is 0.439. The van der Waals surface area contributed by atoms with E-state index >= 15 is 0 Å². The van der Waals surface area contributed by atoms with Crippen LogP contribution in [0.4, 0.5) is 5.69 Å². The molecule has 0 radical (unpaired) electrons. The van der Waals surface area contributed by atoms with Gasteiger partial charge in [0.05, 0.1) is 12.6 Å². The summed E-state index contributed by atoms with van der Waals surface area (Å²) in [5, 5.41) is 19.6. The number of aryl methyl sites for hydroxylation is 1. The van der Waals surface area contributed by atoms with Crippen molar-refractivity contribution in [3.63, 3.8) is 0 Å². The summed E-state index contributed by atoms with van der Waals surface area (Å²) >= 11 is 0. The number of carbonyl (C=O) groups excluding carboxylic acids is 1. The minimum absolute atomic E-state index is 0.0635. The van der Waals surface area contributed by atoms with E-state index in [0.717, 1.165) is 48.8 Å². The monoisotopic (exact) mass is 385 g/mol. The van der Waals surface area contributed by atoms with E-state index in [2.05, 4.69) is 17.2 Å². The van der Waals surface area contributed by atoms with E-state index in [1.165, 1.54) is 19.3 Å². The number of nitrogens with zero attached hydrogens (tertiary/aromatic N) is 3. The molecule has 0 aliphatic heterocycles. The van der Waals surface area contributed by atoms with Crippen molar-refractivity contribution in [3.8, 4) is 11.6 Å². The molecule has 2 aromatic rings. The van der Waals surface area contributed by atoms with Gasteiger partial charge in [0, 0.05) is 24.4 Å². The molecule has 0 unspecified atom stereocenters. The van der Waals surface area contributed by atoms with E-state index in [-0.39, 0.29) is 11.8 Å². The fraction of sp³-hybridized carbons (Fsp3) is 0.591. The molecule has 28 heavy (non-hydrogen) atoms. The third-order valence-corrected chi connectivity index (χ3v) is 5.65. The van der Waals surface area contributed by atoms with Crippen molar-refractivity contribution in [2.24, 2.45) is 16.1 Å². The molecule has 152 valence electrons. The Labute approximate surface area is 166 Å². The maximum absolute atomic E-state index is 12.3. The van der Waals surface area contributed by atoms with Crippen LogP contribution in [0.15, 0.2) is 28.4 Å². The molecular weight excluding hydrogens is 354 g/mol. The van der Waals surface area contributed by atoms with E-state index in [9.17, 15) is 9.90 Å². The number of benzene rings is 1. The van der Waals surface area contributed by atoms with Gasteiger partial charge in [0.25, 0.3) is 5.91 Å². The van der Waals surface area contributed by atoms with Gasteiger partial charge in [0.15, 0.2) is 5.69 Å². The Kier molecular flexibility index (Phi) is 7.06. The molecule has 1 heterocycles. The molecule has 1 aromatic heterocycles. The lowest BCUT2D eigenvalue weighted by atomic mass is 9.87. The highest BCUT2D eigenvalue weighted by molar-refractivity contribution is 5.96. The van der Waals surface area contributed by atoms with Gasteiger partial charge in [-0.25, -0.2) is 0 Å². The molecule has 0 bridgehead atoms. The number of amides is 1. The van der Waals surface area contributed by atoms with Gasteiger partial charge in [-0.05, 0) is 37.3 Å². The predicted octanol–water partition coefficient (Wildman–Crippen LogP) is 6.13. The molecule has 1 amide bonds.